The van der Waals surface area contributed by atoms with Crippen molar-refractivity contribution in [2.45, 2.75) is 37.9 Å². The van der Waals surface area contributed by atoms with Gasteiger partial charge in [0.2, 0.25) is 11.9 Å². The molecule has 1 heterocycles. The number of nitrogens with two attached hydrogens (primary N) is 1. The van der Waals surface area contributed by atoms with Gasteiger partial charge >= 0.3 is 0 Å². The lowest BCUT2D eigenvalue weighted by molar-refractivity contribution is -0.119. The molecule has 0 fully saturated rings. The van der Waals surface area contributed by atoms with E-state index in [2.05, 4.69) is 22.4 Å². The zero-order valence-electron chi connectivity index (χ0n) is 13.0. The number of nitrogens with zero attached hydrogens (tertiary/aromatic N) is 3. The maximum absolute atomic E-state index is 12.6. The topological polar surface area (TPSA) is 85.8 Å². The van der Waals surface area contributed by atoms with Gasteiger partial charge in [-0.2, -0.15) is 0 Å². The summed E-state index contributed by atoms with van der Waals surface area (Å²) < 4.78 is 1.68. The summed E-state index contributed by atoms with van der Waals surface area (Å²) >= 11 is 1.42. The van der Waals surface area contributed by atoms with E-state index in [1.54, 1.807) is 4.57 Å². The molecule has 0 saturated carbocycles. The number of anilines is 2. The Balaban J connectivity index is 2.19. The van der Waals surface area contributed by atoms with Gasteiger partial charge in [0.25, 0.3) is 0 Å². The van der Waals surface area contributed by atoms with Crippen LogP contribution < -0.4 is 11.1 Å². The molecule has 0 bridgehead atoms. The largest absolute Gasteiger partial charge is 0.368 e. The molecule has 1 aromatic heterocycles. The van der Waals surface area contributed by atoms with Crippen molar-refractivity contribution in [3.63, 3.8) is 0 Å². The summed E-state index contributed by atoms with van der Waals surface area (Å²) in [5, 5.41) is 11.4. The number of benzene rings is 1. The molecule has 0 saturated heterocycles. The monoisotopic (exact) mass is 319 g/mol. The molecular weight excluding hydrogens is 298 g/mol. The standard InChI is InChI=1S/C15H21N5OS/c1-4-10-6-8-11(9-7-10)17-13(21)12(5-2)20-14(16)18-19-15(20)22-3/h6-9,12H,4-5H2,1-3H3,(H2,16,18)(H,17,21). The summed E-state index contributed by atoms with van der Waals surface area (Å²) in [6.45, 7) is 4.04. The second kappa shape index (κ2) is 7.31. The summed E-state index contributed by atoms with van der Waals surface area (Å²) in [5.41, 5.74) is 7.87. The van der Waals surface area contributed by atoms with Crippen molar-refractivity contribution in [3.8, 4) is 0 Å². The predicted molar refractivity (Wildman–Crippen MR) is 90.0 cm³/mol. The Morgan fingerprint density at radius 2 is 2.00 bits per heavy atom. The third kappa shape index (κ3) is 3.41. The fourth-order valence-electron chi connectivity index (χ4n) is 2.26. The molecule has 1 unspecified atom stereocenters. The number of aromatic nitrogens is 3. The van der Waals surface area contributed by atoms with Gasteiger partial charge in [-0.3, -0.25) is 9.36 Å². The molecule has 0 aliphatic carbocycles. The van der Waals surface area contributed by atoms with Crippen molar-refractivity contribution < 1.29 is 4.79 Å². The second-order valence-corrected chi connectivity index (χ2v) is 5.65. The fraction of sp³-hybridized carbons (Fsp3) is 0.400. The predicted octanol–water partition coefficient (Wildman–Crippen LogP) is 2.73. The van der Waals surface area contributed by atoms with Gasteiger partial charge in [-0.05, 0) is 36.8 Å². The number of hydrogen-bond acceptors (Lipinski definition) is 5. The van der Waals surface area contributed by atoms with Crippen LogP contribution in [0.1, 0.15) is 31.9 Å². The summed E-state index contributed by atoms with van der Waals surface area (Å²) in [7, 11) is 0. The lowest BCUT2D eigenvalue weighted by atomic mass is 10.1. The minimum atomic E-state index is -0.427. The Morgan fingerprint density at radius 3 is 2.55 bits per heavy atom. The molecule has 3 N–H and O–H groups in total. The molecule has 118 valence electrons. The van der Waals surface area contributed by atoms with Crippen LogP contribution in [0.2, 0.25) is 0 Å². The second-order valence-electron chi connectivity index (χ2n) is 4.88. The molecule has 7 heteroatoms. The van der Waals surface area contributed by atoms with Crippen LogP contribution >= 0.6 is 11.8 Å². The molecule has 22 heavy (non-hydrogen) atoms. The van der Waals surface area contributed by atoms with Gasteiger partial charge in [0, 0.05) is 5.69 Å². The van der Waals surface area contributed by atoms with E-state index in [1.165, 1.54) is 17.3 Å². The van der Waals surface area contributed by atoms with Gasteiger partial charge in [-0.1, -0.05) is 37.7 Å². The highest BCUT2D eigenvalue weighted by Gasteiger charge is 2.24. The number of hydrogen-bond donors (Lipinski definition) is 2. The van der Waals surface area contributed by atoms with E-state index in [9.17, 15) is 4.79 Å². The van der Waals surface area contributed by atoms with E-state index in [-0.39, 0.29) is 11.9 Å². The molecule has 1 amide bonds. The Labute approximate surface area is 134 Å². The summed E-state index contributed by atoms with van der Waals surface area (Å²) in [4.78, 5) is 12.6. The average Bonchev–Trinajstić information content (AvgIpc) is 2.90. The van der Waals surface area contributed by atoms with Crippen molar-refractivity contribution in [1.82, 2.24) is 14.8 Å². The van der Waals surface area contributed by atoms with Crippen LogP contribution in [0.15, 0.2) is 29.4 Å². The van der Waals surface area contributed by atoms with Gasteiger partial charge in [-0.25, -0.2) is 0 Å². The molecule has 2 rings (SSSR count). The molecule has 0 radical (unpaired) electrons. The van der Waals surface area contributed by atoms with Crippen molar-refractivity contribution in [3.05, 3.63) is 29.8 Å². The smallest absolute Gasteiger partial charge is 0.247 e. The lowest BCUT2D eigenvalue weighted by Crippen LogP contribution is -2.27. The number of nitrogens with one attached hydrogen (secondary N) is 1. The SMILES string of the molecule is CCc1ccc(NC(=O)C(CC)n2c(N)nnc2SC)cc1. The molecular formula is C15H21N5OS. The highest BCUT2D eigenvalue weighted by molar-refractivity contribution is 7.98. The Hall–Kier alpha value is -2.02. The molecule has 1 atom stereocenters. The maximum Gasteiger partial charge on any atom is 0.247 e. The molecule has 0 aliphatic rings. The number of amides is 1. The van der Waals surface area contributed by atoms with Crippen molar-refractivity contribution in [2.24, 2.45) is 0 Å². The van der Waals surface area contributed by atoms with Crippen molar-refractivity contribution >= 4 is 29.3 Å². The van der Waals surface area contributed by atoms with Crippen LogP contribution in [0.25, 0.3) is 0 Å². The summed E-state index contributed by atoms with van der Waals surface area (Å²) in [6, 6.07) is 7.42. The number of carbonyl (C=O) groups is 1. The van der Waals surface area contributed by atoms with Crippen LogP contribution in [0.3, 0.4) is 0 Å². The lowest BCUT2D eigenvalue weighted by Gasteiger charge is -2.18. The third-order valence-electron chi connectivity index (χ3n) is 3.50. The van der Waals surface area contributed by atoms with Crippen molar-refractivity contribution in [1.29, 1.82) is 0 Å². The van der Waals surface area contributed by atoms with E-state index in [4.69, 9.17) is 5.73 Å². The van der Waals surface area contributed by atoms with Crippen molar-refractivity contribution in [2.75, 3.05) is 17.3 Å². The quantitative estimate of drug-likeness (QED) is 0.800. The van der Waals surface area contributed by atoms with E-state index in [0.717, 1.165) is 12.1 Å². The first-order valence-corrected chi connectivity index (χ1v) is 8.47. The van der Waals surface area contributed by atoms with E-state index < -0.39 is 6.04 Å². The molecule has 0 aliphatic heterocycles. The third-order valence-corrected chi connectivity index (χ3v) is 4.15. The van der Waals surface area contributed by atoms with E-state index in [0.29, 0.717) is 11.6 Å². The number of aryl methyl sites for hydroxylation is 1. The Kier molecular flexibility index (Phi) is 5.43. The summed E-state index contributed by atoms with van der Waals surface area (Å²) in [5.74, 6) is 0.140. The molecule has 2 aromatic rings. The van der Waals surface area contributed by atoms with Crippen LogP contribution in [-0.2, 0) is 11.2 Å². The first kappa shape index (κ1) is 16.4. The van der Waals surface area contributed by atoms with E-state index in [1.807, 2.05) is 37.4 Å². The summed E-state index contributed by atoms with van der Waals surface area (Å²) in [6.07, 6.45) is 3.46. The number of nitrogen functional groups attached to an aromatic ring is 1. The van der Waals surface area contributed by atoms with Gasteiger partial charge in [0.1, 0.15) is 6.04 Å². The fourth-order valence-corrected chi connectivity index (χ4v) is 2.80. The number of carbonyl (C=O) groups excluding carboxylic acids is 1. The highest BCUT2D eigenvalue weighted by Crippen LogP contribution is 2.24. The van der Waals surface area contributed by atoms with Gasteiger partial charge in [-0.15, -0.1) is 10.2 Å². The average molecular weight is 319 g/mol. The Bertz CT molecular complexity index is 638. The molecule has 1 aromatic carbocycles. The highest BCUT2D eigenvalue weighted by atomic mass is 32.2. The minimum Gasteiger partial charge on any atom is -0.368 e. The maximum atomic E-state index is 12.6. The number of rotatable bonds is 6. The normalized spacial score (nSPS) is 12.1. The van der Waals surface area contributed by atoms with Gasteiger partial charge in [0.15, 0.2) is 5.16 Å². The van der Waals surface area contributed by atoms with Crippen LogP contribution in [0.4, 0.5) is 11.6 Å². The first-order valence-electron chi connectivity index (χ1n) is 7.24. The van der Waals surface area contributed by atoms with Crippen LogP contribution in [-0.4, -0.2) is 26.9 Å². The first-order chi connectivity index (χ1) is 10.6. The zero-order valence-corrected chi connectivity index (χ0v) is 13.9. The van der Waals surface area contributed by atoms with Gasteiger partial charge in [0.05, 0.1) is 0 Å². The van der Waals surface area contributed by atoms with E-state index >= 15 is 0 Å². The van der Waals surface area contributed by atoms with Crippen LogP contribution in [0, 0.1) is 0 Å². The Morgan fingerprint density at radius 1 is 1.32 bits per heavy atom. The molecule has 6 nitrogen and oxygen atoms in total. The minimum absolute atomic E-state index is 0.117. The zero-order chi connectivity index (χ0) is 16.1. The number of thioether (sulfide) groups is 1. The van der Waals surface area contributed by atoms with Gasteiger partial charge < -0.3 is 11.1 Å². The molecule has 0 spiro atoms. The van der Waals surface area contributed by atoms with Crippen LogP contribution in [0.5, 0.6) is 0 Å².